The van der Waals surface area contributed by atoms with Crippen LogP contribution in [0.25, 0.3) is 0 Å². The first-order chi connectivity index (χ1) is 9.46. The van der Waals surface area contributed by atoms with Crippen LogP contribution in [-0.2, 0) is 14.9 Å². The van der Waals surface area contributed by atoms with E-state index in [1.807, 2.05) is 0 Å². The zero-order valence-electron chi connectivity index (χ0n) is 12.6. The van der Waals surface area contributed by atoms with Gasteiger partial charge in [-0.2, -0.15) is 12.7 Å². The van der Waals surface area contributed by atoms with E-state index in [1.165, 1.54) is 23.6 Å². The van der Waals surface area contributed by atoms with Gasteiger partial charge >= 0.3 is 0 Å². The molecule has 20 heavy (non-hydrogen) atoms. The summed E-state index contributed by atoms with van der Waals surface area (Å²) in [6.07, 6.45) is 5.76. The van der Waals surface area contributed by atoms with Gasteiger partial charge in [0.05, 0.1) is 13.2 Å². The summed E-state index contributed by atoms with van der Waals surface area (Å²) < 4.78 is 33.4. The van der Waals surface area contributed by atoms with Crippen molar-refractivity contribution in [3.05, 3.63) is 0 Å². The third-order valence-corrected chi connectivity index (χ3v) is 6.00. The van der Waals surface area contributed by atoms with Gasteiger partial charge in [-0.1, -0.05) is 19.3 Å². The SMILES string of the molecule is CN(C)S(=O)(=O)NCC1(N2CCOCC2)CCCCC1. The predicted molar refractivity (Wildman–Crippen MR) is 78.8 cm³/mol. The molecule has 0 unspecified atom stereocenters. The normalized spacial score (nSPS) is 24.9. The molecule has 0 aromatic rings. The van der Waals surface area contributed by atoms with E-state index in [4.69, 9.17) is 4.74 Å². The summed E-state index contributed by atoms with van der Waals surface area (Å²) in [5.74, 6) is 0. The maximum absolute atomic E-state index is 12.0. The lowest BCUT2D eigenvalue weighted by molar-refractivity contribution is -0.0349. The Labute approximate surface area is 122 Å². The van der Waals surface area contributed by atoms with Crippen LogP contribution in [0.15, 0.2) is 0 Å². The fourth-order valence-electron chi connectivity index (χ4n) is 3.21. The second-order valence-electron chi connectivity index (χ2n) is 5.99. The molecule has 1 aliphatic heterocycles. The summed E-state index contributed by atoms with van der Waals surface area (Å²) in [6.45, 7) is 3.82. The van der Waals surface area contributed by atoms with Crippen LogP contribution in [-0.4, -0.2) is 70.1 Å². The standard InChI is InChI=1S/C13H27N3O3S/c1-15(2)20(17,18)14-12-13(6-4-3-5-7-13)16-8-10-19-11-9-16/h14H,3-12H2,1-2H3. The lowest BCUT2D eigenvalue weighted by atomic mass is 9.80. The Kier molecular flexibility index (Phi) is 5.42. The van der Waals surface area contributed by atoms with Crippen molar-refractivity contribution >= 4 is 10.2 Å². The van der Waals surface area contributed by atoms with Gasteiger partial charge in [0.1, 0.15) is 0 Å². The molecule has 2 rings (SSSR count). The molecule has 7 heteroatoms. The van der Waals surface area contributed by atoms with Gasteiger partial charge < -0.3 is 4.74 Å². The van der Waals surface area contributed by atoms with Crippen molar-refractivity contribution in [1.82, 2.24) is 13.9 Å². The van der Waals surface area contributed by atoms with E-state index in [2.05, 4.69) is 9.62 Å². The van der Waals surface area contributed by atoms with Gasteiger partial charge in [-0.05, 0) is 12.8 Å². The summed E-state index contributed by atoms with van der Waals surface area (Å²) in [5.41, 5.74) is -0.0227. The highest BCUT2D eigenvalue weighted by Gasteiger charge is 2.39. The average molecular weight is 305 g/mol. The Bertz CT molecular complexity index is 399. The minimum Gasteiger partial charge on any atom is -0.379 e. The van der Waals surface area contributed by atoms with Crippen molar-refractivity contribution in [2.45, 2.75) is 37.6 Å². The summed E-state index contributed by atoms with van der Waals surface area (Å²) in [6, 6.07) is 0. The van der Waals surface area contributed by atoms with Crippen molar-refractivity contribution in [1.29, 1.82) is 0 Å². The molecule has 2 fully saturated rings. The third kappa shape index (κ3) is 3.71. The highest BCUT2D eigenvalue weighted by Crippen LogP contribution is 2.34. The zero-order valence-corrected chi connectivity index (χ0v) is 13.4. The van der Waals surface area contributed by atoms with E-state index in [-0.39, 0.29) is 5.54 Å². The van der Waals surface area contributed by atoms with Gasteiger partial charge in [0.2, 0.25) is 0 Å². The van der Waals surface area contributed by atoms with Crippen LogP contribution < -0.4 is 4.72 Å². The molecule has 1 aliphatic carbocycles. The quantitative estimate of drug-likeness (QED) is 0.799. The van der Waals surface area contributed by atoms with Gasteiger partial charge in [0, 0.05) is 39.3 Å². The molecule has 0 amide bonds. The topological polar surface area (TPSA) is 61.9 Å². The largest absolute Gasteiger partial charge is 0.379 e. The van der Waals surface area contributed by atoms with Crippen LogP contribution in [0, 0.1) is 0 Å². The maximum Gasteiger partial charge on any atom is 0.278 e. The van der Waals surface area contributed by atoms with Gasteiger partial charge in [-0.3, -0.25) is 4.90 Å². The minimum absolute atomic E-state index is 0.0227. The second-order valence-corrected chi connectivity index (χ2v) is 7.96. The summed E-state index contributed by atoms with van der Waals surface area (Å²) >= 11 is 0. The molecule has 6 nitrogen and oxygen atoms in total. The van der Waals surface area contributed by atoms with Crippen LogP contribution in [0.4, 0.5) is 0 Å². The lowest BCUT2D eigenvalue weighted by Gasteiger charge is -2.48. The fraction of sp³-hybridized carbons (Fsp3) is 1.00. The first kappa shape index (κ1) is 16.2. The molecular weight excluding hydrogens is 278 g/mol. The summed E-state index contributed by atoms with van der Waals surface area (Å²) in [4.78, 5) is 2.44. The van der Waals surface area contributed by atoms with Crippen molar-refractivity contribution in [2.24, 2.45) is 0 Å². The molecule has 1 heterocycles. The molecule has 0 atom stereocenters. The van der Waals surface area contributed by atoms with E-state index in [0.29, 0.717) is 6.54 Å². The van der Waals surface area contributed by atoms with Gasteiger partial charge in [-0.15, -0.1) is 0 Å². The van der Waals surface area contributed by atoms with Crippen LogP contribution in [0.1, 0.15) is 32.1 Å². The smallest absolute Gasteiger partial charge is 0.278 e. The second kappa shape index (κ2) is 6.70. The van der Waals surface area contributed by atoms with Gasteiger partial charge in [0.15, 0.2) is 0 Å². The molecule has 0 spiro atoms. The highest BCUT2D eigenvalue weighted by molar-refractivity contribution is 7.87. The molecule has 1 saturated heterocycles. The molecule has 1 saturated carbocycles. The first-order valence-corrected chi connectivity index (χ1v) is 8.90. The summed E-state index contributed by atoms with van der Waals surface area (Å²) in [5, 5.41) is 0. The monoisotopic (exact) mass is 305 g/mol. The molecule has 0 aromatic carbocycles. The first-order valence-electron chi connectivity index (χ1n) is 7.46. The van der Waals surface area contributed by atoms with Gasteiger partial charge in [0.25, 0.3) is 10.2 Å². The molecule has 0 aromatic heterocycles. The molecule has 2 aliphatic rings. The van der Waals surface area contributed by atoms with E-state index < -0.39 is 10.2 Å². The predicted octanol–water partition coefficient (Wildman–Crippen LogP) is 0.418. The van der Waals surface area contributed by atoms with Gasteiger partial charge in [-0.25, -0.2) is 4.72 Å². The number of morpholine rings is 1. The average Bonchev–Trinajstić information content (AvgIpc) is 2.47. The van der Waals surface area contributed by atoms with E-state index >= 15 is 0 Å². The molecule has 1 N–H and O–H groups in total. The molecular formula is C13H27N3O3S. The number of rotatable bonds is 5. The lowest BCUT2D eigenvalue weighted by Crippen LogP contribution is -2.60. The fourth-order valence-corrected chi connectivity index (χ4v) is 3.92. The maximum atomic E-state index is 12.0. The molecule has 0 bridgehead atoms. The van der Waals surface area contributed by atoms with Crippen LogP contribution in [0.3, 0.4) is 0 Å². The number of hydrogen-bond donors (Lipinski definition) is 1. The van der Waals surface area contributed by atoms with Crippen LogP contribution in [0.5, 0.6) is 0 Å². The Morgan fingerprint density at radius 1 is 1.15 bits per heavy atom. The Morgan fingerprint density at radius 2 is 1.75 bits per heavy atom. The van der Waals surface area contributed by atoms with E-state index in [0.717, 1.165) is 39.1 Å². The minimum atomic E-state index is -3.35. The number of ether oxygens (including phenoxy) is 1. The third-order valence-electron chi connectivity index (χ3n) is 4.53. The molecule has 118 valence electrons. The Hall–Kier alpha value is -0.210. The van der Waals surface area contributed by atoms with Crippen LogP contribution >= 0.6 is 0 Å². The summed E-state index contributed by atoms with van der Waals surface area (Å²) in [7, 11) is -0.229. The Morgan fingerprint density at radius 3 is 2.30 bits per heavy atom. The Balaban J connectivity index is 2.06. The van der Waals surface area contributed by atoms with E-state index in [1.54, 1.807) is 14.1 Å². The number of nitrogens with one attached hydrogen (secondary N) is 1. The van der Waals surface area contributed by atoms with Crippen molar-refractivity contribution in [2.75, 3.05) is 46.9 Å². The molecule has 0 radical (unpaired) electrons. The highest BCUT2D eigenvalue weighted by atomic mass is 32.2. The van der Waals surface area contributed by atoms with Crippen LogP contribution in [0.2, 0.25) is 0 Å². The zero-order chi connectivity index (χ0) is 14.6. The van der Waals surface area contributed by atoms with Crippen molar-refractivity contribution < 1.29 is 13.2 Å². The van der Waals surface area contributed by atoms with Crippen molar-refractivity contribution in [3.63, 3.8) is 0 Å². The van der Waals surface area contributed by atoms with Crippen molar-refractivity contribution in [3.8, 4) is 0 Å². The number of hydrogen-bond acceptors (Lipinski definition) is 4. The van der Waals surface area contributed by atoms with E-state index in [9.17, 15) is 8.42 Å². The number of nitrogens with zero attached hydrogens (tertiary/aromatic N) is 2.